The zero-order valence-corrected chi connectivity index (χ0v) is 14.8. The molecule has 1 aliphatic rings. The number of hydrogen-bond acceptors (Lipinski definition) is 7. The van der Waals surface area contributed by atoms with Crippen LogP contribution in [0.1, 0.15) is 24.4 Å². The molecule has 9 nitrogen and oxygen atoms in total. The lowest BCUT2D eigenvalue weighted by molar-refractivity contribution is 0.0426. The third-order valence-corrected chi connectivity index (χ3v) is 5.08. The summed E-state index contributed by atoms with van der Waals surface area (Å²) in [4.78, 5) is 4.53. The maximum atomic E-state index is 9.46. The van der Waals surface area contributed by atoms with Crippen LogP contribution in [0.4, 0.5) is 5.69 Å². The summed E-state index contributed by atoms with van der Waals surface area (Å²) in [6.07, 6.45) is 6.16. The second-order valence-corrected chi connectivity index (χ2v) is 6.93. The lowest BCUT2D eigenvalue weighted by Crippen LogP contribution is -2.31. The monoisotopic (exact) mass is 372 g/mol. The fourth-order valence-corrected chi connectivity index (χ4v) is 3.43. The lowest BCUT2D eigenvalue weighted by Gasteiger charge is -2.30. The molecular formula is C19H16N8O. The second-order valence-electron chi connectivity index (χ2n) is 6.93. The highest BCUT2D eigenvalue weighted by Gasteiger charge is 2.29. The van der Waals surface area contributed by atoms with Crippen molar-refractivity contribution >= 4 is 11.2 Å². The van der Waals surface area contributed by atoms with Crippen LogP contribution >= 0.6 is 0 Å². The van der Waals surface area contributed by atoms with Gasteiger partial charge in [-0.2, -0.15) is 10.4 Å². The third kappa shape index (κ3) is 2.59. The summed E-state index contributed by atoms with van der Waals surface area (Å²) in [5, 5.41) is 31.1. The highest BCUT2D eigenvalue weighted by Crippen LogP contribution is 2.33. The van der Waals surface area contributed by atoms with E-state index in [2.05, 4.69) is 26.5 Å². The van der Waals surface area contributed by atoms with Crippen molar-refractivity contribution in [2.24, 2.45) is 0 Å². The molecule has 1 fully saturated rings. The number of pyridine rings is 1. The Morgan fingerprint density at radius 3 is 2.79 bits per heavy atom. The van der Waals surface area contributed by atoms with Crippen LogP contribution in [-0.2, 0) is 0 Å². The first kappa shape index (κ1) is 16.4. The maximum Gasteiger partial charge on any atom is 0.116 e. The fourth-order valence-electron chi connectivity index (χ4n) is 3.43. The number of anilines is 1. The van der Waals surface area contributed by atoms with E-state index in [1.807, 2.05) is 18.3 Å². The number of nitrogens with two attached hydrogens (primary N) is 1. The number of nitrogens with zero attached hydrogens (tertiary/aromatic N) is 7. The van der Waals surface area contributed by atoms with Gasteiger partial charge in [-0.05, 0) is 37.1 Å². The second kappa shape index (κ2) is 6.14. The Balaban J connectivity index is 1.48. The molecule has 1 aliphatic carbocycles. The van der Waals surface area contributed by atoms with Crippen molar-refractivity contribution < 1.29 is 5.11 Å². The van der Waals surface area contributed by atoms with E-state index in [1.165, 1.54) is 6.20 Å². The highest BCUT2D eigenvalue weighted by atomic mass is 16.3. The first-order chi connectivity index (χ1) is 13.6. The number of aromatic nitrogens is 6. The molecule has 4 aromatic heterocycles. The molecule has 0 radical (unpaired) electrons. The summed E-state index contributed by atoms with van der Waals surface area (Å²) >= 11 is 0. The van der Waals surface area contributed by atoms with Gasteiger partial charge in [-0.1, -0.05) is 5.21 Å². The lowest BCUT2D eigenvalue weighted by atomic mass is 9.90. The van der Waals surface area contributed by atoms with Gasteiger partial charge < -0.3 is 10.8 Å². The molecule has 4 heterocycles. The number of nitriles is 1. The Kier molecular flexibility index (Phi) is 3.60. The normalized spacial score (nSPS) is 18.7. The van der Waals surface area contributed by atoms with Crippen molar-refractivity contribution in [1.29, 1.82) is 5.26 Å². The number of fused-ring (bicyclic) bond motifs is 1. The van der Waals surface area contributed by atoms with Gasteiger partial charge in [-0.3, -0.25) is 4.98 Å². The summed E-state index contributed by atoms with van der Waals surface area (Å²) < 4.78 is 3.49. The van der Waals surface area contributed by atoms with Gasteiger partial charge in [0.05, 0.1) is 47.0 Å². The SMILES string of the molecule is N#Cc1cnn2c(-c3cc(N)c(-c4cn(C5CC(O)C5)nn4)cn3)ccc2c1. The van der Waals surface area contributed by atoms with Crippen molar-refractivity contribution in [2.45, 2.75) is 25.0 Å². The maximum absolute atomic E-state index is 9.46. The summed E-state index contributed by atoms with van der Waals surface area (Å²) in [7, 11) is 0. The van der Waals surface area contributed by atoms with E-state index in [9.17, 15) is 5.11 Å². The minimum atomic E-state index is -0.251. The summed E-state index contributed by atoms with van der Waals surface area (Å²) in [6, 6.07) is 9.59. The van der Waals surface area contributed by atoms with E-state index in [-0.39, 0.29) is 12.1 Å². The van der Waals surface area contributed by atoms with Gasteiger partial charge in [0.1, 0.15) is 11.8 Å². The average molecular weight is 372 g/mol. The number of aliphatic hydroxyl groups is 1. The number of nitrogen functional groups attached to an aromatic ring is 1. The predicted molar refractivity (Wildman–Crippen MR) is 101 cm³/mol. The number of rotatable bonds is 3. The van der Waals surface area contributed by atoms with Crippen LogP contribution in [-0.4, -0.2) is 40.8 Å². The van der Waals surface area contributed by atoms with Gasteiger partial charge >= 0.3 is 0 Å². The topological polar surface area (TPSA) is 131 Å². The van der Waals surface area contributed by atoms with Crippen LogP contribution in [0.5, 0.6) is 0 Å². The van der Waals surface area contributed by atoms with Gasteiger partial charge in [0.25, 0.3) is 0 Å². The molecule has 0 unspecified atom stereocenters. The average Bonchev–Trinajstić information content (AvgIpc) is 3.32. The van der Waals surface area contributed by atoms with E-state index in [0.29, 0.717) is 41.0 Å². The van der Waals surface area contributed by atoms with Gasteiger partial charge in [0.2, 0.25) is 0 Å². The van der Waals surface area contributed by atoms with Gasteiger partial charge in [0.15, 0.2) is 0 Å². The largest absolute Gasteiger partial charge is 0.398 e. The zero-order valence-electron chi connectivity index (χ0n) is 14.8. The molecule has 0 spiro atoms. The number of hydrogen-bond donors (Lipinski definition) is 2. The van der Waals surface area contributed by atoms with Crippen LogP contribution < -0.4 is 5.73 Å². The molecule has 0 atom stereocenters. The molecule has 28 heavy (non-hydrogen) atoms. The van der Waals surface area contributed by atoms with E-state index in [1.54, 1.807) is 27.5 Å². The molecule has 0 bridgehead atoms. The molecule has 138 valence electrons. The van der Waals surface area contributed by atoms with Crippen LogP contribution in [0.2, 0.25) is 0 Å². The van der Waals surface area contributed by atoms with E-state index >= 15 is 0 Å². The Morgan fingerprint density at radius 1 is 1.18 bits per heavy atom. The van der Waals surface area contributed by atoms with Crippen LogP contribution in [0.15, 0.2) is 42.9 Å². The van der Waals surface area contributed by atoms with Crippen LogP contribution in [0.25, 0.3) is 28.2 Å². The van der Waals surface area contributed by atoms with Crippen molar-refractivity contribution in [3.05, 3.63) is 48.4 Å². The minimum absolute atomic E-state index is 0.182. The Morgan fingerprint density at radius 2 is 2.04 bits per heavy atom. The highest BCUT2D eigenvalue weighted by molar-refractivity contribution is 5.77. The summed E-state index contributed by atoms with van der Waals surface area (Å²) in [6.45, 7) is 0. The standard InChI is InChI=1S/C19H16N8O/c20-7-11-3-12-1-2-19(27(12)23-8-11)17-6-16(21)15(9-22-17)18-10-26(25-24-18)13-4-14(28)5-13/h1-3,6,8-10,13-14,28H,4-5H2,(H2,21,22). The van der Waals surface area contributed by atoms with Crippen molar-refractivity contribution in [3.8, 4) is 28.7 Å². The smallest absolute Gasteiger partial charge is 0.116 e. The molecule has 0 aliphatic heterocycles. The van der Waals surface area contributed by atoms with E-state index in [0.717, 1.165) is 11.2 Å². The first-order valence-electron chi connectivity index (χ1n) is 8.86. The van der Waals surface area contributed by atoms with Crippen LogP contribution in [0, 0.1) is 11.3 Å². The van der Waals surface area contributed by atoms with Crippen LogP contribution in [0.3, 0.4) is 0 Å². The molecule has 3 N–H and O–H groups in total. The Bertz CT molecular complexity index is 1230. The van der Waals surface area contributed by atoms with Crippen molar-refractivity contribution in [3.63, 3.8) is 0 Å². The van der Waals surface area contributed by atoms with E-state index in [4.69, 9.17) is 11.0 Å². The molecule has 9 heteroatoms. The molecule has 4 aromatic rings. The quantitative estimate of drug-likeness (QED) is 0.560. The fraction of sp³-hybridized carbons (Fsp3) is 0.211. The summed E-state index contributed by atoms with van der Waals surface area (Å²) in [5.74, 6) is 0. The number of aliphatic hydroxyl groups excluding tert-OH is 1. The molecule has 5 rings (SSSR count). The zero-order chi connectivity index (χ0) is 19.3. The molecular weight excluding hydrogens is 356 g/mol. The summed E-state index contributed by atoms with van der Waals surface area (Å²) in [5.41, 5.74) is 10.9. The Hall–Kier alpha value is -3.77. The van der Waals surface area contributed by atoms with Gasteiger partial charge in [-0.15, -0.1) is 5.10 Å². The van der Waals surface area contributed by atoms with Gasteiger partial charge in [0, 0.05) is 17.4 Å². The van der Waals surface area contributed by atoms with Crippen molar-refractivity contribution in [1.82, 2.24) is 29.6 Å². The molecule has 0 aromatic carbocycles. The van der Waals surface area contributed by atoms with Gasteiger partial charge in [-0.25, -0.2) is 9.20 Å². The third-order valence-electron chi connectivity index (χ3n) is 5.08. The van der Waals surface area contributed by atoms with E-state index < -0.39 is 0 Å². The molecule has 0 amide bonds. The minimum Gasteiger partial charge on any atom is -0.398 e. The first-order valence-corrected chi connectivity index (χ1v) is 8.86. The Labute approximate surface area is 159 Å². The molecule has 1 saturated carbocycles. The molecule has 0 saturated heterocycles. The van der Waals surface area contributed by atoms with Crippen molar-refractivity contribution in [2.75, 3.05) is 5.73 Å². The predicted octanol–water partition coefficient (Wildman–Crippen LogP) is 1.80.